The summed E-state index contributed by atoms with van der Waals surface area (Å²) >= 11 is 0. The Bertz CT molecular complexity index is 630. The third-order valence-corrected chi connectivity index (χ3v) is 4.14. The number of hydrogen-bond acceptors (Lipinski definition) is 6. The average molecular weight is 326 g/mol. The van der Waals surface area contributed by atoms with Crippen molar-refractivity contribution in [1.29, 1.82) is 10.5 Å². The van der Waals surface area contributed by atoms with E-state index in [1.807, 2.05) is 6.07 Å². The monoisotopic (exact) mass is 326 g/mol. The molecular formula is C17H22N6O. The molecule has 1 aromatic heterocycles. The third kappa shape index (κ3) is 4.68. The fourth-order valence-corrected chi connectivity index (χ4v) is 2.77. The number of anilines is 1. The molecule has 2 atom stereocenters. The van der Waals surface area contributed by atoms with Crippen molar-refractivity contribution in [3.05, 3.63) is 23.9 Å². The smallest absolute Gasteiger partial charge is 0.240 e. The Morgan fingerprint density at radius 3 is 2.96 bits per heavy atom. The van der Waals surface area contributed by atoms with Gasteiger partial charge in [-0.3, -0.25) is 4.79 Å². The quantitative estimate of drug-likeness (QED) is 0.731. The highest BCUT2D eigenvalue weighted by Gasteiger charge is 2.31. The topological polar surface area (TPSA) is 119 Å². The molecular weight excluding hydrogens is 304 g/mol. The van der Waals surface area contributed by atoms with Crippen molar-refractivity contribution >= 4 is 11.7 Å². The molecule has 0 radical (unpaired) electrons. The molecule has 0 spiro atoms. The molecule has 2 rings (SSSR count). The fraction of sp³-hybridized carbons (Fsp3) is 0.529. The van der Waals surface area contributed by atoms with Crippen molar-refractivity contribution < 1.29 is 4.79 Å². The molecule has 1 amide bonds. The Hall–Kier alpha value is -2.64. The zero-order valence-electron chi connectivity index (χ0n) is 13.6. The van der Waals surface area contributed by atoms with Crippen LogP contribution in [0.2, 0.25) is 0 Å². The lowest BCUT2D eigenvalue weighted by Gasteiger charge is -2.23. The number of rotatable bonds is 7. The van der Waals surface area contributed by atoms with E-state index in [0.29, 0.717) is 18.5 Å². The van der Waals surface area contributed by atoms with Crippen LogP contribution in [0.4, 0.5) is 5.82 Å². The number of nitrogens with two attached hydrogens (primary N) is 1. The summed E-state index contributed by atoms with van der Waals surface area (Å²) in [5.41, 5.74) is 6.51. The molecule has 0 unspecified atom stereocenters. The number of unbranched alkanes of at least 4 members (excludes halogenated alkanes) is 1. The van der Waals surface area contributed by atoms with Crippen LogP contribution in [0, 0.1) is 22.7 Å². The number of amides is 1. The number of carbonyl (C=O) groups is 1. The molecule has 1 saturated heterocycles. The van der Waals surface area contributed by atoms with Gasteiger partial charge in [-0.05, 0) is 44.2 Å². The zero-order valence-corrected chi connectivity index (χ0v) is 13.6. The highest BCUT2D eigenvalue weighted by Crippen LogP contribution is 2.18. The molecule has 24 heavy (non-hydrogen) atoms. The Morgan fingerprint density at radius 2 is 2.29 bits per heavy atom. The number of likely N-dealkylation sites (tertiary alicyclic amines) is 1. The van der Waals surface area contributed by atoms with Crippen LogP contribution in [-0.2, 0) is 4.79 Å². The summed E-state index contributed by atoms with van der Waals surface area (Å²) in [5, 5.41) is 20.9. The number of carbonyl (C=O) groups excluding carboxylic acids is 1. The zero-order chi connectivity index (χ0) is 17.4. The van der Waals surface area contributed by atoms with E-state index in [0.717, 1.165) is 38.0 Å². The molecule has 0 aliphatic carbocycles. The maximum atomic E-state index is 12.3. The molecule has 1 aliphatic rings. The first-order valence-electron chi connectivity index (χ1n) is 8.21. The molecule has 0 saturated carbocycles. The van der Waals surface area contributed by atoms with Crippen LogP contribution in [0.3, 0.4) is 0 Å². The number of nitrogens with zero attached hydrogens (tertiary/aromatic N) is 4. The van der Waals surface area contributed by atoms with Gasteiger partial charge in [0.15, 0.2) is 0 Å². The van der Waals surface area contributed by atoms with E-state index in [9.17, 15) is 4.79 Å². The summed E-state index contributed by atoms with van der Waals surface area (Å²) in [6, 6.07) is 6.82. The molecule has 7 nitrogen and oxygen atoms in total. The first kappa shape index (κ1) is 17.7. The van der Waals surface area contributed by atoms with Crippen molar-refractivity contribution in [2.24, 2.45) is 5.73 Å². The molecule has 1 aliphatic heterocycles. The van der Waals surface area contributed by atoms with Crippen LogP contribution >= 0.6 is 0 Å². The van der Waals surface area contributed by atoms with Crippen LogP contribution < -0.4 is 11.1 Å². The van der Waals surface area contributed by atoms with E-state index in [4.69, 9.17) is 16.3 Å². The van der Waals surface area contributed by atoms with Gasteiger partial charge in [-0.1, -0.05) is 0 Å². The molecule has 1 fully saturated rings. The van der Waals surface area contributed by atoms with Crippen molar-refractivity contribution in [2.45, 2.75) is 44.2 Å². The first-order chi connectivity index (χ1) is 11.7. The number of nitriles is 2. The standard InChI is InChI=1S/C17H22N6O/c18-10-13-6-7-16(22-12-13)21-8-2-1-5-15(20)17(24)23-9-3-4-14(23)11-19/h6-7,12,14-15H,1-5,8-9,20H2,(H,21,22)/t14-,15-/m0/s1. The Morgan fingerprint density at radius 1 is 1.46 bits per heavy atom. The SMILES string of the molecule is N#Cc1ccc(NCCCC[C@H](N)C(=O)N2CCC[C@H]2C#N)nc1. The van der Waals surface area contributed by atoms with Gasteiger partial charge >= 0.3 is 0 Å². The number of pyridine rings is 1. The lowest BCUT2D eigenvalue weighted by atomic mass is 10.1. The molecule has 0 bridgehead atoms. The van der Waals surface area contributed by atoms with Crippen LogP contribution in [-0.4, -0.2) is 41.0 Å². The fourth-order valence-electron chi connectivity index (χ4n) is 2.77. The van der Waals surface area contributed by atoms with E-state index >= 15 is 0 Å². The van der Waals surface area contributed by atoms with Gasteiger partial charge in [-0.2, -0.15) is 10.5 Å². The Balaban J connectivity index is 1.65. The normalized spacial score (nSPS) is 17.8. The van der Waals surface area contributed by atoms with Gasteiger partial charge in [0, 0.05) is 19.3 Å². The van der Waals surface area contributed by atoms with Crippen LogP contribution in [0.1, 0.15) is 37.7 Å². The summed E-state index contributed by atoms with van der Waals surface area (Å²) in [7, 11) is 0. The molecule has 3 N–H and O–H groups in total. The van der Waals surface area contributed by atoms with E-state index in [1.54, 1.807) is 17.0 Å². The predicted molar refractivity (Wildman–Crippen MR) is 89.6 cm³/mol. The number of hydrogen-bond donors (Lipinski definition) is 2. The van der Waals surface area contributed by atoms with Crippen molar-refractivity contribution in [3.8, 4) is 12.1 Å². The minimum Gasteiger partial charge on any atom is -0.370 e. The van der Waals surface area contributed by atoms with Crippen molar-refractivity contribution in [2.75, 3.05) is 18.4 Å². The average Bonchev–Trinajstić information content (AvgIpc) is 3.09. The van der Waals surface area contributed by atoms with Gasteiger partial charge in [0.25, 0.3) is 0 Å². The van der Waals surface area contributed by atoms with E-state index < -0.39 is 6.04 Å². The molecule has 126 valence electrons. The summed E-state index contributed by atoms with van der Waals surface area (Å²) in [6.07, 6.45) is 5.44. The van der Waals surface area contributed by atoms with E-state index in [2.05, 4.69) is 16.4 Å². The second kappa shape index (κ2) is 8.85. The summed E-state index contributed by atoms with van der Waals surface area (Å²) < 4.78 is 0. The second-order valence-electron chi connectivity index (χ2n) is 5.89. The molecule has 1 aromatic rings. The van der Waals surface area contributed by atoms with Gasteiger partial charge in [0.2, 0.25) is 5.91 Å². The van der Waals surface area contributed by atoms with E-state index in [-0.39, 0.29) is 11.9 Å². The van der Waals surface area contributed by atoms with Gasteiger partial charge in [0.05, 0.1) is 17.7 Å². The molecule has 0 aromatic carbocycles. The van der Waals surface area contributed by atoms with Crippen LogP contribution in [0.25, 0.3) is 0 Å². The minimum atomic E-state index is -0.535. The van der Waals surface area contributed by atoms with Crippen LogP contribution in [0.5, 0.6) is 0 Å². The van der Waals surface area contributed by atoms with Gasteiger partial charge in [-0.15, -0.1) is 0 Å². The van der Waals surface area contributed by atoms with Crippen molar-refractivity contribution in [3.63, 3.8) is 0 Å². The number of aromatic nitrogens is 1. The Labute approximate surface area is 142 Å². The van der Waals surface area contributed by atoms with Gasteiger partial charge < -0.3 is 16.0 Å². The highest BCUT2D eigenvalue weighted by molar-refractivity contribution is 5.82. The summed E-state index contributed by atoms with van der Waals surface area (Å²) in [6.45, 7) is 1.36. The summed E-state index contributed by atoms with van der Waals surface area (Å²) in [4.78, 5) is 18.0. The van der Waals surface area contributed by atoms with Gasteiger partial charge in [-0.25, -0.2) is 4.98 Å². The van der Waals surface area contributed by atoms with E-state index in [1.165, 1.54) is 6.20 Å². The molecule has 2 heterocycles. The maximum absolute atomic E-state index is 12.3. The minimum absolute atomic E-state index is 0.110. The maximum Gasteiger partial charge on any atom is 0.240 e. The number of nitrogens with one attached hydrogen (secondary N) is 1. The largest absolute Gasteiger partial charge is 0.370 e. The third-order valence-electron chi connectivity index (χ3n) is 4.14. The predicted octanol–water partition coefficient (Wildman–Crippen LogP) is 1.38. The highest BCUT2D eigenvalue weighted by atomic mass is 16.2. The first-order valence-corrected chi connectivity index (χ1v) is 8.21. The second-order valence-corrected chi connectivity index (χ2v) is 5.89. The van der Waals surface area contributed by atoms with Gasteiger partial charge in [0.1, 0.15) is 17.9 Å². The molecule has 7 heteroatoms. The van der Waals surface area contributed by atoms with Crippen LogP contribution in [0.15, 0.2) is 18.3 Å². The Kier molecular flexibility index (Phi) is 6.53. The lowest BCUT2D eigenvalue weighted by Crippen LogP contribution is -2.45. The lowest BCUT2D eigenvalue weighted by molar-refractivity contribution is -0.132. The van der Waals surface area contributed by atoms with Crippen molar-refractivity contribution in [1.82, 2.24) is 9.88 Å². The summed E-state index contributed by atoms with van der Waals surface area (Å²) in [5.74, 6) is 0.615.